The minimum atomic E-state index is 0.917. The molecule has 1 heteroatoms. The van der Waals surface area contributed by atoms with Crippen LogP contribution in [0.25, 0.3) is 0 Å². The lowest BCUT2D eigenvalue weighted by atomic mass is 10.3. The Morgan fingerprint density at radius 1 is 1.56 bits per heavy atom. The van der Waals surface area contributed by atoms with Crippen molar-refractivity contribution in [3.05, 3.63) is 11.3 Å². The van der Waals surface area contributed by atoms with Gasteiger partial charge in [0.05, 0.1) is 0 Å². The van der Waals surface area contributed by atoms with E-state index in [1.165, 1.54) is 18.5 Å². The summed E-state index contributed by atoms with van der Waals surface area (Å²) in [4.78, 5) is 0. The van der Waals surface area contributed by atoms with Crippen LogP contribution in [0.15, 0.2) is 11.3 Å². The molecule has 0 bridgehead atoms. The first-order chi connectivity index (χ1) is 4.42. The highest BCUT2D eigenvalue weighted by Crippen LogP contribution is 2.47. The Bertz CT molecular complexity index is 203. The molecule has 0 atom stereocenters. The number of hydrogen-bond acceptors (Lipinski definition) is 1. The number of nitrogens with one attached hydrogen (secondary N) is 1. The van der Waals surface area contributed by atoms with Gasteiger partial charge in [-0.05, 0) is 24.3 Å². The molecule has 0 aromatic rings. The van der Waals surface area contributed by atoms with Crippen LogP contribution in [0, 0.1) is 18.4 Å². The van der Waals surface area contributed by atoms with E-state index in [1.54, 1.807) is 5.57 Å². The summed E-state index contributed by atoms with van der Waals surface area (Å²) in [6, 6.07) is 2.43. The fraction of sp³-hybridized carbons (Fsp3) is 0.500. The Morgan fingerprint density at radius 3 is 2.89 bits per heavy atom. The molecule has 1 fully saturated rings. The number of rotatable bonds is 2. The Hall–Kier alpha value is -0.900. The van der Waals surface area contributed by atoms with Gasteiger partial charge in [-0.2, -0.15) is 0 Å². The SMILES string of the molecule is C#CNC1=C(C2CC2)C1. The number of allylic oxidation sites excluding steroid dienone is 2. The second-order valence-electron chi connectivity index (χ2n) is 2.72. The summed E-state index contributed by atoms with van der Waals surface area (Å²) in [6.45, 7) is 0. The summed E-state index contributed by atoms with van der Waals surface area (Å²) in [7, 11) is 0. The summed E-state index contributed by atoms with van der Waals surface area (Å²) >= 11 is 0. The van der Waals surface area contributed by atoms with Gasteiger partial charge in [0.25, 0.3) is 0 Å². The van der Waals surface area contributed by atoms with E-state index in [9.17, 15) is 0 Å². The smallest absolute Gasteiger partial charge is 0.0270 e. The molecule has 0 aliphatic heterocycles. The quantitative estimate of drug-likeness (QED) is 0.426. The van der Waals surface area contributed by atoms with Crippen molar-refractivity contribution >= 4 is 0 Å². The van der Waals surface area contributed by atoms with Crippen LogP contribution in [0.1, 0.15) is 19.3 Å². The van der Waals surface area contributed by atoms with Gasteiger partial charge in [0.1, 0.15) is 0 Å². The zero-order chi connectivity index (χ0) is 6.27. The first-order valence-electron chi connectivity index (χ1n) is 3.35. The topological polar surface area (TPSA) is 12.0 Å². The maximum atomic E-state index is 5.06. The zero-order valence-corrected chi connectivity index (χ0v) is 5.28. The van der Waals surface area contributed by atoms with Crippen molar-refractivity contribution in [1.29, 1.82) is 0 Å². The molecule has 0 aromatic heterocycles. The van der Waals surface area contributed by atoms with Gasteiger partial charge in [-0.25, -0.2) is 0 Å². The van der Waals surface area contributed by atoms with E-state index in [0.29, 0.717) is 0 Å². The van der Waals surface area contributed by atoms with Gasteiger partial charge >= 0.3 is 0 Å². The minimum Gasteiger partial charge on any atom is -0.319 e. The van der Waals surface area contributed by atoms with Crippen molar-refractivity contribution in [1.82, 2.24) is 5.32 Å². The van der Waals surface area contributed by atoms with Crippen LogP contribution in [-0.2, 0) is 0 Å². The van der Waals surface area contributed by atoms with E-state index in [4.69, 9.17) is 6.42 Å². The molecule has 9 heavy (non-hydrogen) atoms. The maximum absolute atomic E-state index is 5.06. The van der Waals surface area contributed by atoms with E-state index in [1.807, 2.05) is 0 Å². The molecular formula is C8H9N. The molecule has 2 aliphatic rings. The zero-order valence-electron chi connectivity index (χ0n) is 5.28. The average Bonchev–Trinajstić information content (AvgIpc) is 2.58. The van der Waals surface area contributed by atoms with Gasteiger partial charge in [0, 0.05) is 18.2 Å². The predicted molar refractivity (Wildman–Crippen MR) is 36.3 cm³/mol. The third-order valence-electron chi connectivity index (χ3n) is 1.92. The van der Waals surface area contributed by atoms with Gasteiger partial charge < -0.3 is 5.32 Å². The molecule has 0 unspecified atom stereocenters. The molecule has 1 nitrogen and oxygen atoms in total. The lowest BCUT2D eigenvalue weighted by Gasteiger charge is -1.79. The highest BCUT2D eigenvalue weighted by molar-refractivity contribution is 5.39. The standard InChI is InChI=1S/C8H9N/c1-2-9-8-5-7(8)6-3-4-6/h1,6,9H,3-5H2. The largest absolute Gasteiger partial charge is 0.319 e. The molecule has 0 spiro atoms. The van der Waals surface area contributed by atoms with Crippen molar-refractivity contribution in [2.45, 2.75) is 19.3 Å². The molecule has 0 radical (unpaired) electrons. The third-order valence-corrected chi connectivity index (χ3v) is 1.92. The van der Waals surface area contributed by atoms with Gasteiger partial charge in [0.15, 0.2) is 0 Å². The first kappa shape index (κ1) is 4.93. The van der Waals surface area contributed by atoms with Crippen LogP contribution in [0.4, 0.5) is 0 Å². The van der Waals surface area contributed by atoms with Crippen molar-refractivity contribution in [2.24, 2.45) is 5.92 Å². The van der Waals surface area contributed by atoms with E-state index >= 15 is 0 Å². The molecule has 0 aromatic carbocycles. The second kappa shape index (κ2) is 1.54. The van der Waals surface area contributed by atoms with Gasteiger partial charge in [-0.3, -0.25) is 0 Å². The summed E-state index contributed by atoms with van der Waals surface area (Å²) in [5, 5.41) is 2.90. The summed E-state index contributed by atoms with van der Waals surface area (Å²) in [5.41, 5.74) is 2.91. The molecule has 2 rings (SSSR count). The Morgan fingerprint density at radius 2 is 2.33 bits per heavy atom. The van der Waals surface area contributed by atoms with Gasteiger partial charge in [-0.1, -0.05) is 6.42 Å². The lowest BCUT2D eigenvalue weighted by molar-refractivity contribution is 1.05. The minimum absolute atomic E-state index is 0.917. The molecule has 1 N–H and O–H groups in total. The monoisotopic (exact) mass is 119 g/mol. The van der Waals surface area contributed by atoms with E-state index in [-0.39, 0.29) is 0 Å². The molecule has 1 saturated carbocycles. The molecule has 46 valence electrons. The maximum Gasteiger partial charge on any atom is 0.0270 e. The third kappa shape index (κ3) is 0.810. The van der Waals surface area contributed by atoms with Gasteiger partial charge in [-0.15, -0.1) is 0 Å². The first-order valence-corrected chi connectivity index (χ1v) is 3.35. The van der Waals surface area contributed by atoms with Crippen LogP contribution in [0.2, 0.25) is 0 Å². The van der Waals surface area contributed by atoms with Crippen LogP contribution < -0.4 is 5.32 Å². The fourth-order valence-corrected chi connectivity index (χ4v) is 1.18. The fourth-order valence-electron chi connectivity index (χ4n) is 1.18. The highest BCUT2D eigenvalue weighted by Gasteiger charge is 2.35. The molecule has 0 saturated heterocycles. The summed E-state index contributed by atoms with van der Waals surface area (Å²) < 4.78 is 0. The van der Waals surface area contributed by atoms with Crippen molar-refractivity contribution < 1.29 is 0 Å². The van der Waals surface area contributed by atoms with Crippen LogP contribution >= 0.6 is 0 Å². The number of hydrogen-bond donors (Lipinski definition) is 1. The van der Waals surface area contributed by atoms with Crippen molar-refractivity contribution in [2.75, 3.05) is 0 Å². The Balaban J connectivity index is 1.95. The molecule has 0 amide bonds. The highest BCUT2D eigenvalue weighted by atomic mass is 14.9. The lowest BCUT2D eigenvalue weighted by Crippen LogP contribution is -1.93. The average molecular weight is 119 g/mol. The molecular weight excluding hydrogens is 110 g/mol. The van der Waals surface area contributed by atoms with E-state index in [2.05, 4.69) is 11.4 Å². The van der Waals surface area contributed by atoms with E-state index < -0.39 is 0 Å². The second-order valence-corrected chi connectivity index (χ2v) is 2.72. The predicted octanol–water partition coefficient (Wildman–Crippen LogP) is 1.23. The van der Waals surface area contributed by atoms with Crippen LogP contribution in [0.5, 0.6) is 0 Å². The van der Waals surface area contributed by atoms with Crippen LogP contribution in [-0.4, -0.2) is 0 Å². The Labute approximate surface area is 55.1 Å². The number of terminal acetylenes is 1. The summed E-state index contributed by atoms with van der Waals surface area (Å²) in [5.74, 6) is 0.917. The van der Waals surface area contributed by atoms with Crippen molar-refractivity contribution in [3.8, 4) is 12.5 Å². The normalized spacial score (nSPS) is 23.4. The summed E-state index contributed by atoms with van der Waals surface area (Å²) in [6.07, 6.45) is 9.01. The molecule has 0 heterocycles. The Kier molecular flexibility index (Phi) is 0.843. The van der Waals surface area contributed by atoms with Gasteiger partial charge in [0.2, 0.25) is 0 Å². The van der Waals surface area contributed by atoms with Crippen LogP contribution in [0.3, 0.4) is 0 Å². The van der Waals surface area contributed by atoms with E-state index in [0.717, 1.165) is 12.3 Å². The van der Waals surface area contributed by atoms with Crippen molar-refractivity contribution in [3.63, 3.8) is 0 Å². The molecule has 2 aliphatic carbocycles.